The van der Waals surface area contributed by atoms with Crippen molar-refractivity contribution in [2.45, 2.75) is 12.7 Å². The summed E-state index contributed by atoms with van der Waals surface area (Å²) in [7, 11) is 2.99. The Labute approximate surface area is 117 Å². The van der Waals surface area contributed by atoms with Crippen LogP contribution in [0.25, 0.3) is 0 Å². The third kappa shape index (κ3) is 4.92. The van der Waals surface area contributed by atoms with Crippen LogP contribution in [0.3, 0.4) is 0 Å². The lowest BCUT2D eigenvalue weighted by Gasteiger charge is -2.19. The zero-order valence-electron chi connectivity index (χ0n) is 11.6. The number of rotatable bonds is 9. The highest BCUT2D eigenvalue weighted by Gasteiger charge is 2.15. The van der Waals surface area contributed by atoms with Crippen molar-refractivity contribution in [1.82, 2.24) is 5.32 Å². The molecule has 0 saturated heterocycles. The third-order valence-electron chi connectivity index (χ3n) is 2.74. The predicted molar refractivity (Wildman–Crippen MR) is 71.3 cm³/mol. The SMILES string of the molecule is COCCNC(CN)c1ccc(OC)c(OC(F)F)c1. The highest BCUT2D eigenvalue weighted by Crippen LogP contribution is 2.31. The van der Waals surface area contributed by atoms with Crippen molar-refractivity contribution in [3.63, 3.8) is 0 Å². The lowest BCUT2D eigenvalue weighted by molar-refractivity contribution is -0.0512. The lowest BCUT2D eigenvalue weighted by atomic mass is 10.1. The van der Waals surface area contributed by atoms with E-state index >= 15 is 0 Å². The largest absolute Gasteiger partial charge is 0.493 e. The molecule has 0 aliphatic carbocycles. The van der Waals surface area contributed by atoms with E-state index in [0.29, 0.717) is 19.7 Å². The molecule has 0 fully saturated rings. The van der Waals surface area contributed by atoms with Gasteiger partial charge in [0, 0.05) is 26.2 Å². The van der Waals surface area contributed by atoms with Gasteiger partial charge in [0.1, 0.15) is 0 Å². The van der Waals surface area contributed by atoms with Gasteiger partial charge in [-0.05, 0) is 17.7 Å². The van der Waals surface area contributed by atoms with Crippen LogP contribution in [0.2, 0.25) is 0 Å². The normalized spacial score (nSPS) is 12.5. The van der Waals surface area contributed by atoms with Crippen molar-refractivity contribution in [1.29, 1.82) is 0 Å². The fraction of sp³-hybridized carbons (Fsp3) is 0.538. The van der Waals surface area contributed by atoms with Crippen LogP contribution in [0.1, 0.15) is 11.6 Å². The molecule has 3 N–H and O–H groups in total. The first kappa shape index (κ1) is 16.6. The van der Waals surface area contributed by atoms with Crippen molar-refractivity contribution in [2.75, 3.05) is 33.9 Å². The van der Waals surface area contributed by atoms with Crippen LogP contribution in [-0.4, -0.2) is 40.5 Å². The highest BCUT2D eigenvalue weighted by molar-refractivity contribution is 5.44. The number of ether oxygens (including phenoxy) is 3. The van der Waals surface area contributed by atoms with Crippen molar-refractivity contribution in [3.8, 4) is 11.5 Å². The second-order valence-corrected chi connectivity index (χ2v) is 4.02. The molecule has 0 amide bonds. The van der Waals surface area contributed by atoms with Crippen LogP contribution in [0.5, 0.6) is 11.5 Å². The fourth-order valence-corrected chi connectivity index (χ4v) is 1.77. The van der Waals surface area contributed by atoms with Gasteiger partial charge in [-0.25, -0.2) is 0 Å². The molecule has 1 aromatic carbocycles. The first-order valence-corrected chi connectivity index (χ1v) is 6.17. The summed E-state index contributed by atoms with van der Waals surface area (Å²) in [6, 6.07) is 4.67. The number of alkyl halides is 2. The zero-order chi connectivity index (χ0) is 15.0. The molecular formula is C13H20F2N2O3. The van der Waals surface area contributed by atoms with Gasteiger partial charge in [-0.3, -0.25) is 0 Å². The summed E-state index contributed by atoms with van der Waals surface area (Å²) in [6.45, 7) is -1.44. The molecule has 0 saturated carbocycles. The summed E-state index contributed by atoms with van der Waals surface area (Å²) < 4.78 is 39.1. The van der Waals surface area contributed by atoms with E-state index in [1.54, 1.807) is 19.2 Å². The monoisotopic (exact) mass is 290 g/mol. The first-order chi connectivity index (χ1) is 9.62. The van der Waals surface area contributed by atoms with E-state index in [-0.39, 0.29) is 17.5 Å². The summed E-state index contributed by atoms with van der Waals surface area (Å²) in [6.07, 6.45) is 0. The molecule has 114 valence electrons. The van der Waals surface area contributed by atoms with E-state index in [0.717, 1.165) is 5.56 Å². The number of nitrogens with one attached hydrogen (secondary N) is 1. The van der Waals surface area contributed by atoms with Crippen LogP contribution in [0, 0.1) is 0 Å². The predicted octanol–water partition coefficient (Wildman–Crippen LogP) is 1.53. The summed E-state index contributed by atoms with van der Waals surface area (Å²) in [5.74, 6) is 0.244. The van der Waals surface area contributed by atoms with E-state index in [4.69, 9.17) is 15.2 Å². The van der Waals surface area contributed by atoms with Crippen LogP contribution in [0.4, 0.5) is 8.78 Å². The third-order valence-corrected chi connectivity index (χ3v) is 2.74. The van der Waals surface area contributed by atoms with E-state index < -0.39 is 6.61 Å². The van der Waals surface area contributed by atoms with Gasteiger partial charge in [-0.15, -0.1) is 0 Å². The average molecular weight is 290 g/mol. The molecule has 1 atom stereocenters. The van der Waals surface area contributed by atoms with Crippen LogP contribution < -0.4 is 20.5 Å². The lowest BCUT2D eigenvalue weighted by Crippen LogP contribution is -2.30. The Kier molecular flexibility index (Phi) is 7.21. The zero-order valence-corrected chi connectivity index (χ0v) is 11.6. The van der Waals surface area contributed by atoms with Gasteiger partial charge >= 0.3 is 6.61 Å². The van der Waals surface area contributed by atoms with Crippen LogP contribution in [0.15, 0.2) is 18.2 Å². The maximum Gasteiger partial charge on any atom is 0.387 e. The van der Waals surface area contributed by atoms with Crippen LogP contribution in [-0.2, 0) is 4.74 Å². The number of nitrogens with two attached hydrogens (primary N) is 1. The second kappa shape index (κ2) is 8.68. The van der Waals surface area contributed by atoms with Gasteiger partial charge in [-0.1, -0.05) is 6.07 Å². The Hall–Kier alpha value is -1.44. The van der Waals surface area contributed by atoms with Crippen molar-refractivity contribution >= 4 is 0 Å². The Morgan fingerprint density at radius 1 is 1.25 bits per heavy atom. The minimum Gasteiger partial charge on any atom is -0.493 e. The first-order valence-electron chi connectivity index (χ1n) is 6.17. The summed E-state index contributed by atoms with van der Waals surface area (Å²) in [5, 5.41) is 3.17. The summed E-state index contributed by atoms with van der Waals surface area (Å²) in [5.41, 5.74) is 6.44. The molecule has 1 rings (SSSR count). The molecule has 0 aliphatic rings. The van der Waals surface area contributed by atoms with Crippen LogP contribution >= 0.6 is 0 Å². The Balaban J connectivity index is 2.87. The second-order valence-electron chi connectivity index (χ2n) is 4.02. The summed E-state index contributed by atoms with van der Waals surface area (Å²) in [4.78, 5) is 0. The fourth-order valence-electron chi connectivity index (χ4n) is 1.77. The highest BCUT2D eigenvalue weighted by atomic mass is 19.3. The molecule has 7 heteroatoms. The molecule has 0 spiro atoms. The van der Waals surface area contributed by atoms with E-state index in [1.807, 2.05) is 0 Å². The van der Waals surface area contributed by atoms with Gasteiger partial charge in [-0.2, -0.15) is 8.78 Å². The van der Waals surface area contributed by atoms with Gasteiger partial charge in [0.05, 0.1) is 13.7 Å². The Morgan fingerprint density at radius 3 is 2.55 bits per heavy atom. The molecule has 5 nitrogen and oxygen atoms in total. The molecule has 0 bridgehead atoms. The minimum absolute atomic E-state index is 0.00742. The van der Waals surface area contributed by atoms with Gasteiger partial charge in [0.25, 0.3) is 0 Å². The van der Waals surface area contributed by atoms with Crippen molar-refractivity contribution in [2.24, 2.45) is 5.73 Å². The van der Waals surface area contributed by atoms with E-state index in [9.17, 15) is 8.78 Å². The van der Waals surface area contributed by atoms with E-state index in [1.165, 1.54) is 13.2 Å². The van der Waals surface area contributed by atoms with Crippen molar-refractivity contribution < 1.29 is 23.0 Å². The quantitative estimate of drug-likeness (QED) is 0.675. The van der Waals surface area contributed by atoms with E-state index in [2.05, 4.69) is 10.1 Å². The molecule has 0 aromatic heterocycles. The minimum atomic E-state index is -2.91. The molecule has 1 aromatic rings. The van der Waals surface area contributed by atoms with Gasteiger partial charge < -0.3 is 25.3 Å². The topological polar surface area (TPSA) is 65.7 Å². The molecule has 20 heavy (non-hydrogen) atoms. The maximum absolute atomic E-state index is 12.4. The molecule has 0 radical (unpaired) electrons. The molecule has 1 unspecified atom stereocenters. The van der Waals surface area contributed by atoms with Gasteiger partial charge in [0.2, 0.25) is 0 Å². The average Bonchev–Trinajstić information content (AvgIpc) is 2.43. The summed E-state index contributed by atoms with van der Waals surface area (Å²) >= 11 is 0. The Bertz CT molecular complexity index is 405. The number of hydrogen-bond donors (Lipinski definition) is 2. The molecule has 0 heterocycles. The standard InChI is InChI=1S/C13H20F2N2O3/c1-18-6-5-17-10(8-16)9-3-4-11(19-2)12(7-9)20-13(14)15/h3-4,7,10,13,17H,5-6,8,16H2,1-2H3. The maximum atomic E-state index is 12.4. The number of hydrogen-bond acceptors (Lipinski definition) is 5. The molecular weight excluding hydrogens is 270 g/mol. The van der Waals surface area contributed by atoms with Gasteiger partial charge in [0.15, 0.2) is 11.5 Å². The Morgan fingerprint density at radius 2 is 2.00 bits per heavy atom. The number of benzene rings is 1. The molecule has 0 aliphatic heterocycles. The smallest absolute Gasteiger partial charge is 0.387 e. The number of halogens is 2. The van der Waals surface area contributed by atoms with Crippen molar-refractivity contribution in [3.05, 3.63) is 23.8 Å². The number of methoxy groups -OCH3 is 2.